The fraction of sp³-hybridized carbons (Fsp3) is 1.00. The van der Waals surface area contributed by atoms with Gasteiger partial charge in [0.25, 0.3) is 0 Å². The number of nitrogens with zero attached hydrogens (tertiary/aromatic N) is 1. The summed E-state index contributed by atoms with van der Waals surface area (Å²) in [6.07, 6.45) is 25.5. The Hall–Kier alpha value is 0.0569. The van der Waals surface area contributed by atoms with Crippen LogP contribution < -0.4 is 0 Å². The second kappa shape index (κ2) is 21.6. The molecule has 0 aliphatic carbocycles. The van der Waals surface area contributed by atoms with Gasteiger partial charge in [0.2, 0.25) is 0 Å². The monoisotopic (exact) mass is 474 g/mol. The molecule has 32 heavy (non-hydrogen) atoms. The Labute approximate surface area is 203 Å². The van der Waals surface area contributed by atoms with Crippen molar-refractivity contribution in [2.24, 2.45) is 0 Å². The molecule has 0 heterocycles. The lowest BCUT2D eigenvalue weighted by Gasteiger charge is -2.31. The van der Waals surface area contributed by atoms with Crippen molar-refractivity contribution in [2.45, 2.75) is 129 Å². The minimum absolute atomic E-state index is 0.900. The number of hydrogen-bond donors (Lipinski definition) is 0. The van der Waals surface area contributed by atoms with E-state index < -0.39 is 8.80 Å². The van der Waals surface area contributed by atoms with Crippen LogP contribution in [0.5, 0.6) is 0 Å². The summed E-state index contributed by atoms with van der Waals surface area (Å²) >= 11 is 0. The minimum Gasteiger partial charge on any atom is -0.377 e. The van der Waals surface area contributed by atoms with Crippen LogP contribution in [0.25, 0.3) is 0 Å². The molecule has 0 unspecified atom stereocenters. The van der Waals surface area contributed by atoms with Crippen LogP contribution in [-0.4, -0.2) is 61.8 Å². The van der Waals surface area contributed by atoms with E-state index in [1.165, 1.54) is 116 Å². The highest BCUT2D eigenvalue weighted by atomic mass is 28.4. The molecule has 5 heteroatoms. The molecule has 194 valence electrons. The molecule has 0 N–H and O–H groups in total. The first-order valence-corrected chi connectivity index (χ1v) is 15.9. The molecule has 0 saturated heterocycles. The van der Waals surface area contributed by atoms with Crippen molar-refractivity contribution in [3.63, 3.8) is 0 Å². The Kier molecular flexibility index (Phi) is 21.6. The van der Waals surface area contributed by atoms with Gasteiger partial charge in [-0.05, 0) is 12.8 Å². The van der Waals surface area contributed by atoms with E-state index in [9.17, 15) is 0 Å². The topological polar surface area (TPSA) is 27.7 Å². The van der Waals surface area contributed by atoms with Crippen LogP contribution in [0.1, 0.15) is 122 Å². The molecule has 0 aliphatic rings. The summed E-state index contributed by atoms with van der Waals surface area (Å²) in [6, 6.07) is 0.900. The Bertz CT molecular complexity index is 381. The normalized spacial score (nSPS) is 12.6. The van der Waals surface area contributed by atoms with E-state index in [0.717, 1.165) is 23.5 Å². The minimum atomic E-state index is -2.40. The van der Waals surface area contributed by atoms with Gasteiger partial charge in [0, 0.05) is 33.8 Å². The maximum Gasteiger partial charge on any atom is 0.500 e. The molecule has 0 saturated carbocycles. The third-order valence-electron chi connectivity index (χ3n) is 7.05. The lowest BCUT2D eigenvalue weighted by Crippen LogP contribution is -2.45. The van der Waals surface area contributed by atoms with Crippen molar-refractivity contribution in [3.05, 3.63) is 0 Å². The predicted molar refractivity (Wildman–Crippen MR) is 142 cm³/mol. The van der Waals surface area contributed by atoms with Crippen LogP contribution in [0.3, 0.4) is 0 Å². The Balaban J connectivity index is 3.45. The molecule has 0 bridgehead atoms. The van der Waals surface area contributed by atoms with Gasteiger partial charge < -0.3 is 17.8 Å². The van der Waals surface area contributed by atoms with Crippen LogP contribution in [0.4, 0.5) is 0 Å². The highest BCUT2D eigenvalue weighted by molar-refractivity contribution is 6.60. The molecule has 0 atom stereocenters. The molecule has 0 rings (SSSR count). The van der Waals surface area contributed by atoms with Gasteiger partial charge >= 0.3 is 8.80 Å². The van der Waals surface area contributed by atoms with Gasteiger partial charge in [-0.2, -0.15) is 0 Å². The first kappa shape index (κ1) is 32.1. The second-order valence-corrected chi connectivity index (χ2v) is 13.5. The van der Waals surface area contributed by atoms with Gasteiger partial charge in [-0.25, -0.2) is 0 Å². The zero-order valence-electron chi connectivity index (χ0n) is 23.0. The summed E-state index contributed by atoms with van der Waals surface area (Å²) in [5.41, 5.74) is 0. The molecular weight excluding hydrogens is 414 g/mol. The van der Waals surface area contributed by atoms with Crippen LogP contribution in [0.2, 0.25) is 6.04 Å². The highest BCUT2D eigenvalue weighted by Gasteiger charge is 2.37. The van der Waals surface area contributed by atoms with Crippen LogP contribution in [-0.2, 0) is 13.3 Å². The molecule has 0 aromatic rings. The van der Waals surface area contributed by atoms with Gasteiger partial charge in [0.1, 0.15) is 0 Å². The van der Waals surface area contributed by atoms with Crippen molar-refractivity contribution in [2.75, 3.05) is 48.5 Å². The van der Waals surface area contributed by atoms with Crippen molar-refractivity contribution < 1.29 is 17.8 Å². The third kappa shape index (κ3) is 18.5. The molecule has 0 aliphatic heterocycles. The van der Waals surface area contributed by atoms with E-state index in [1.54, 1.807) is 21.3 Å². The molecule has 0 aromatic carbocycles. The number of hydrogen-bond acceptors (Lipinski definition) is 3. The molecule has 4 nitrogen and oxygen atoms in total. The van der Waals surface area contributed by atoms with Crippen molar-refractivity contribution >= 4 is 8.80 Å². The second-order valence-electron chi connectivity index (χ2n) is 10.4. The summed E-state index contributed by atoms with van der Waals surface area (Å²) in [6.45, 7) is 4.72. The van der Waals surface area contributed by atoms with Crippen molar-refractivity contribution in [3.8, 4) is 0 Å². The fourth-order valence-corrected chi connectivity index (χ4v) is 6.36. The van der Waals surface area contributed by atoms with Crippen LogP contribution >= 0.6 is 0 Å². The number of quaternary nitrogens is 1. The van der Waals surface area contributed by atoms with Gasteiger partial charge in [0.05, 0.1) is 27.2 Å². The van der Waals surface area contributed by atoms with Crippen molar-refractivity contribution in [1.82, 2.24) is 0 Å². The Morgan fingerprint density at radius 1 is 0.469 bits per heavy atom. The molecule has 0 amide bonds. The van der Waals surface area contributed by atoms with Crippen LogP contribution in [0.15, 0.2) is 0 Å². The lowest BCUT2D eigenvalue weighted by molar-refractivity contribution is -0.890. The maximum absolute atomic E-state index is 5.54. The van der Waals surface area contributed by atoms with E-state index >= 15 is 0 Å². The zero-order chi connectivity index (χ0) is 24.0. The van der Waals surface area contributed by atoms with E-state index in [4.69, 9.17) is 13.3 Å². The Morgan fingerprint density at radius 3 is 1.12 bits per heavy atom. The smallest absolute Gasteiger partial charge is 0.377 e. The summed E-state index contributed by atoms with van der Waals surface area (Å²) in [7, 11) is 7.41. The summed E-state index contributed by atoms with van der Waals surface area (Å²) in [5, 5.41) is 0. The molecule has 0 fully saturated rings. The molecule has 0 radical (unpaired) electrons. The average molecular weight is 475 g/mol. The quantitative estimate of drug-likeness (QED) is 0.0762. The zero-order valence-corrected chi connectivity index (χ0v) is 24.0. The van der Waals surface area contributed by atoms with Gasteiger partial charge in [0.15, 0.2) is 0 Å². The largest absolute Gasteiger partial charge is 0.500 e. The van der Waals surface area contributed by atoms with E-state index in [2.05, 4.69) is 21.0 Å². The SMILES string of the molecule is CCCCCCCCCCCCCCCCCCC[N+](C)(C)CCC[Si](OC)(OC)OC. The summed E-state index contributed by atoms with van der Waals surface area (Å²) < 4.78 is 17.7. The number of unbranched alkanes of at least 4 members (excludes halogenated alkanes) is 16. The summed E-state index contributed by atoms with van der Waals surface area (Å²) in [4.78, 5) is 0. The molecule has 0 aromatic heterocycles. The van der Waals surface area contributed by atoms with E-state index in [0.29, 0.717) is 0 Å². The first-order chi connectivity index (χ1) is 15.4. The van der Waals surface area contributed by atoms with E-state index in [-0.39, 0.29) is 0 Å². The van der Waals surface area contributed by atoms with Gasteiger partial charge in [-0.15, -0.1) is 0 Å². The van der Waals surface area contributed by atoms with Gasteiger partial charge in [-0.1, -0.05) is 103 Å². The Morgan fingerprint density at radius 2 is 0.781 bits per heavy atom. The summed E-state index contributed by atoms with van der Waals surface area (Å²) in [5.74, 6) is 0. The average Bonchev–Trinajstić information content (AvgIpc) is 2.79. The van der Waals surface area contributed by atoms with Crippen LogP contribution in [0, 0.1) is 0 Å². The third-order valence-corrected chi connectivity index (χ3v) is 9.88. The fourth-order valence-electron chi connectivity index (χ4n) is 4.66. The molecule has 0 spiro atoms. The lowest BCUT2D eigenvalue weighted by atomic mass is 10.0. The van der Waals surface area contributed by atoms with Crippen molar-refractivity contribution in [1.29, 1.82) is 0 Å². The first-order valence-electron chi connectivity index (χ1n) is 13.9. The van der Waals surface area contributed by atoms with E-state index in [1.807, 2.05) is 0 Å². The standard InChI is InChI=1S/C27H60NO3Si/c1-7-8-9-10-11-12-13-14-15-16-17-18-19-20-21-22-23-25-28(2,3)26-24-27-32(29-4,30-5)31-6/h7-27H2,1-6H3/q+1. The molecular formula is C27H60NO3Si+. The maximum atomic E-state index is 5.54. The predicted octanol–water partition coefficient (Wildman–Crippen LogP) is 7.98. The highest BCUT2D eigenvalue weighted by Crippen LogP contribution is 2.18. The number of rotatable bonds is 25. The van der Waals surface area contributed by atoms with Gasteiger partial charge in [-0.3, -0.25) is 0 Å².